The van der Waals surface area contributed by atoms with E-state index in [2.05, 4.69) is 46.9 Å². The first-order valence-corrected chi connectivity index (χ1v) is 9.40. The number of aromatic nitrogens is 7. The molecule has 1 saturated heterocycles. The highest BCUT2D eigenvalue weighted by Crippen LogP contribution is 2.28. The third kappa shape index (κ3) is 3.76. The van der Waals surface area contributed by atoms with Crippen LogP contribution in [0.5, 0.6) is 0 Å². The van der Waals surface area contributed by atoms with E-state index in [0.717, 1.165) is 55.9 Å². The van der Waals surface area contributed by atoms with Gasteiger partial charge in [0.2, 0.25) is 5.95 Å². The summed E-state index contributed by atoms with van der Waals surface area (Å²) in [5.74, 6) is 3.92. The highest BCUT2D eigenvalue weighted by atomic mass is 15.3. The molecule has 1 atom stereocenters. The van der Waals surface area contributed by atoms with Crippen LogP contribution in [0, 0.1) is 0 Å². The molecule has 0 unspecified atom stereocenters. The van der Waals surface area contributed by atoms with E-state index in [0.29, 0.717) is 12.5 Å². The number of hydrogen-bond donors (Lipinski definition) is 1. The number of rotatable bonds is 6. The van der Waals surface area contributed by atoms with Crippen LogP contribution in [0.4, 0.5) is 11.8 Å². The molecule has 4 rings (SSSR count). The predicted molar refractivity (Wildman–Crippen MR) is 103 cm³/mol. The van der Waals surface area contributed by atoms with Crippen molar-refractivity contribution in [3.8, 4) is 0 Å². The Morgan fingerprint density at radius 3 is 3.00 bits per heavy atom. The number of nitrogens with zero attached hydrogens (tertiary/aromatic N) is 8. The third-order valence-corrected chi connectivity index (χ3v) is 4.95. The van der Waals surface area contributed by atoms with Crippen LogP contribution in [0.1, 0.15) is 37.3 Å². The average molecular weight is 367 g/mol. The minimum absolute atomic E-state index is 0.319. The third-order valence-electron chi connectivity index (χ3n) is 4.95. The first-order chi connectivity index (χ1) is 13.2. The minimum Gasteiger partial charge on any atom is -0.370 e. The van der Waals surface area contributed by atoms with E-state index in [1.54, 1.807) is 12.5 Å². The van der Waals surface area contributed by atoms with Crippen molar-refractivity contribution in [2.45, 2.75) is 32.2 Å². The molecule has 3 aromatic rings. The van der Waals surface area contributed by atoms with Crippen LogP contribution < -0.4 is 10.2 Å². The van der Waals surface area contributed by atoms with Gasteiger partial charge in [0.25, 0.3) is 0 Å². The van der Waals surface area contributed by atoms with E-state index in [1.807, 2.05) is 30.1 Å². The second-order valence-corrected chi connectivity index (χ2v) is 6.83. The normalized spacial score (nSPS) is 17.3. The van der Waals surface area contributed by atoms with Crippen molar-refractivity contribution in [3.63, 3.8) is 0 Å². The van der Waals surface area contributed by atoms with Gasteiger partial charge >= 0.3 is 0 Å². The Hall–Kier alpha value is -2.97. The predicted octanol–water partition coefficient (Wildman–Crippen LogP) is 1.67. The lowest BCUT2D eigenvalue weighted by Gasteiger charge is -2.32. The summed E-state index contributed by atoms with van der Waals surface area (Å²) in [6, 6.07) is 1.90. The maximum absolute atomic E-state index is 4.64. The standard InChI is InChI=1S/C18H25N9/c1-3-20-15-6-7-21-18(22-15)27-9-4-5-14(11-27)17-24-23-16(25(17)2)12-26-10-8-19-13-26/h6-8,10,13-14H,3-5,9,11-12H2,1-2H3,(H,20,21,22)/t14-/m1/s1. The average Bonchev–Trinajstić information content (AvgIpc) is 3.33. The molecule has 27 heavy (non-hydrogen) atoms. The maximum atomic E-state index is 4.64. The number of anilines is 2. The smallest absolute Gasteiger partial charge is 0.227 e. The minimum atomic E-state index is 0.319. The van der Waals surface area contributed by atoms with E-state index in [4.69, 9.17) is 0 Å². The van der Waals surface area contributed by atoms with Gasteiger partial charge in [-0.05, 0) is 25.8 Å². The van der Waals surface area contributed by atoms with Gasteiger partial charge in [-0.1, -0.05) is 0 Å². The van der Waals surface area contributed by atoms with Crippen LogP contribution in [0.2, 0.25) is 0 Å². The molecular weight excluding hydrogens is 342 g/mol. The van der Waals surface area contributed by atoms with Crippen molar-refractivity contribution in [3.05, 3.63) is 42.6 Å². The summed E-state index contributed by atoms with van der Waals surface area (Å²) >= 11 is 0. The first-order valence-electron chi connectivity index (χ1n) is 9.40. The zero-order valence-corrected chi connectivity index (χ0v) is 15.8. The Morgan fingerprint density at radius 1 is 1.26 bits per heavy atom. The van der Waals surface area contributed by atoms with Gasteiger partial charge in [0.1, 0.15) is 11.6 Å². The number of piperidine rings is 1. The lowest BCUT2D eigenvalue weighted by atomic mass is 9.97. The number of hydrogen-bond acceptors (Lipinski definition) is 7. The fraction of sp³-hybridized carbons (Fsp3) is 0.500. The summed E-state index contributed by atoms with van der Waals surface area (Å²) in [6.45, 7) is 5.40. The first kappa shape index (κ1) is 17.4. The van der Waals surface area contributed by atoms with Crippen LogP contribution in [0.25, 0.3) is 0 Å². The molecule has 1 aliphatic heterocycles. The molecule has 9 nitrogen and oxygen atoms in total. The molecule has 142 valence electrons. The van der Waals surface area contributed by atoms with Crippen LogP contribution >= 0.6 is 0 Å². The fourth-order valence-electron chi connectivity index (χ4n) is 3.56. The maximum Gasteiger partial charge on any atom is 0.227 e. The lowest BCUT2D eigenvalue weighted by molar-refractivity contribution is 0.473. The SMILES string of the molecule is CCNc1ccnc(N2CCC[C@@H](c3nnc(Cn4ccnc4)n3C)C2)n1. The summed E-state index contributed by atoms with van der Waals surface area (Å²) in [6.07, 6.45) is 9.51. The molecule has 0 saturated carbocycles. The second-order valence-electron chi connectivity index (χ2n) is 6.83. The van der Waals surface area contributed by atoms with Crippen molar-refractivity contribution in [1.82, 2.24) is 34.3 Å². The van der Waals surface area contributed by atoms with Gasteiger partial charge in [0.05, 0.1) is 12.9 Å². The second kappa shape index (κ2) is 7.73. The number of nitrogens with one attached hydrogen (secondary N) is 1. The Kier molecular flexibility index (Phi) is 4.99. The van der Waals surface area contributed by atoms with Crippen LogP contribution in [-0.2, 0) is 13.6 Å². The summed E-state index contributed by atoms with van der Waals surface area (Å²) in [7, 11) is 2.04. The summed E-state index contributed by atoms with van der Waals surface area (Å²) in [5, 5.41) is 12.2. The molecule has 0 bridgehead atoms. The van der Waals surface area contributed by atoms with Gasteiger partial charge in [-0.2, -0.15) is 4.98 Å². The van der Waals surface area contributed by atoms with Gasteiger partial charge in [-0.25, -0.2) is 9.97 Å². The molecule has 3 aromatic heterocycles. The van der Waals surface area contributed by atoms with E-state index in [9.17, 15) is 0 Å². The molecule has 4 heterocycles. The van der Waals surface area contributed by atoms with Crippen molar-refractivity contribution in [2.75, 3.05) is 29.9 Å². The van der Waals surface area contributed by atoms with E-state index in [-0.39, 0.29) is 0 Å². The molecule has 9 heteroatoms. The van der Waals surface area contributed by atoms with Gasteiger partial charge in [0.15, 0.2) is 5.82 Å². The van der Waals surface area contributed by atoms with Gasteiger partial charge < -0.3 is 19.4 Å². The fourth-order valence-corrected chi connectivity index (χ4v) is 3.56. The van der Waals surface area contributed by atoms with Crippen LogP contribution in [-0.4, -0.2) is 53.9 Å². The number of imidazole rings is 1. The van der Waals surface area contributed by atoms with Gasteiger partial charge in [-0.15, -0.1) is 10.2 Å². The van der Waals surface area contributed by atoms with Crippen molar-refractivity contribution >= 4 is 11.8 Å². The Morgan fingerprint density at radius 2 is 2.19 bits per heavy atom. The quantitative estimate of drug-likeness (QED) is 0.709. The monoisotopic (exact) mass is 367 g/mol. The lowest BCUT2D eigenvalue weighted by Crippen LogP contribution is -2.36. The van der Waals surface area contributed by atoms with Gasteiger partial charge in [0, 0.05) is 51.2 Å². The molecule has 0 aromatic carbocycles. The molecule has 0 aliphatic carbocycles. The van der Waals surface area contributed by atoms with E-state index in [1.165, 1.54) is 0 Å². The van der Waals surface area contributed by atoms with Crippen molar-refractivity contribution in [1.29, 1.82) is 0 Å². The zero-order valence-electron chi connectivity index (χ0n) is 15.8. The molecule has 0 spiro atoms. The summed E-state index contributed by atoms with van der Waals surface area (Å²) in [5.41, 5.74) is 0. The molecule has 0 radical (unpaired) electrons. The largest absolute Gasteiger partial charge is 0.370 e. The Balaban J connectivity index is 1.50. The highest BCUT2D eigenvalue weighted by Gasteiger charge is 2.27. The molecular formula is C18H25N9. The highest BCUT2D eigenvalue weighted by molar-refractivity contribution is 5.41. The summed E-state index contributed by atoms with van der Waals surface area (Å²) < 4.78 is 4.12. The van der Waals surface area contributed by atoms with Crippen molar-refractivity contribution < 1.29 is 0 Å². The van der Waals surface area contributed by atoms with Crippen molar-refractivity contribution in [2.24, 2.45) is 7.05 Å². The molecule has 1 aliphatic rings. The Labute approximate surface area is 158 Å². The Bertz CT molecular complexity index is 871. The molecule has 1 fully saturated rings. The topological polar surface area (TPSA) is 89.6 Å². The van der Waals surface area contributed by atoms with Gasteiger partial charge in [-0.3, -0.25) is 0 Å². The summed E-state index contributed by atoms with van der Waals surface area (Å²) in [4.78, 5) is 15.5. The zero-order chi connectivity index (χ0) is 18.6. The van der Waals surface area contributed by atoms with Crippen LogP contribution in [0.3, 0.4) is 0 Å². The van der Waals surface area contributed by atoms with Crippen LogP contribution in [0.15, 0.2) is 31.0 Å². The van der Waals surface area contributed by atoms with E-state index < -0.39 is 0 Å². The molecule has 0 amide bonds. The van der Waals surface area contributed by atoms with E-state index >= 15 is 0 Å². The molecule has 1 N–H and O–H groups in total.